The van der Waals surface area contributed by atoms with Crippen molar-refractivity contribution in [1.82, 2.24) is 29.2 Å². The van der Waals surface area contributed by atoms with Gasteiger partial charge in [-0.1, -0.05) is 82.3 Å². The second kappa shape index (κ2) is 24.5. The molecule has 14 nitrogen and oxygen atoms in total. The zero-order valence-electron chi connectivity index (χ0n) is 35.6. The van der Waals surface area contributed by atoms with Gasteiger partial charge in [0, 0.05) is 82.6 Å². The molecule has 0 spiro atoms. The lowest BCUT2D eigenvalue weighted by Gasteiger charge is -2.38. The molecule has 3 atom stereocenters. The number of piperazine rings is 1. The Morgan fingerprint density at radius 2 is 1.60 bits per heavy atom. The number of anilines is 1. The molecule has 4 heterocycles. The van der Waals surface area contributed by atoms with Gasteiger partial charge in [0.1, 0.15) is 37.7 Å². The van der Waals surface area contributed by atoms with Crippen molar-refractivity contribution in [2.75, 3.05) is 44.3 Å². The van der Waals surface area contributed by atoms with Crippen molar-refractivity contribution < 1.29 is 24.5 Å². The lowest BCUT2D eigenvalue weighted by Crippen LogP contribution is -2.48. The third-order valence-electron chi connectivity index (χ3n) is 10.6. The molecular weight excluding hydrogens is 958 g/mol. The van der Waals surface area contributed by atoms with Crippen molar-refractivity contribution in [3.8, 4) is 5.75 Å². The molecule has 8 rings (SSSR count). The fourth-order valence-electron chi connectivity index (χ4n) is 7.28. The lowest BCUT2D eigenvalue weighted by molar-refractivity contribution is -0.742. The molecule has 4 aromatic carbocycles. The monoisotopic (exact) mass is 1000 g/mol. The Hall–Kier alpha value is -4.29. The van der Waals surface area contributed by atoms with Crippen molar-refractivity contribution >= 4 is 75.5 Å². The Morgan fingerprint density at radius 3 is 2.22 bits per heavy atom. The average Bonchev–Trinajstić information content (AvgIpc) is 4.09. The summed E-state index contributed by atoms with van der Waals surface area (Å²) in [4.78, 5) is 22.4. The SMILES string of the molecule is CC(C)N1CCN(c2ccc(OC[C@H]3CO[C@](Cn4cncn4)(c4ccc(Cl)cc4Cl)O3)cc2)CC1.Clc1ccc(CCC(Cn2ccnc2)Sc2c(Cl)cccc2Cl)cc1.O=[N+]([O-])O. The Morgan fingerprint density at radius 1 is 0.908 bits per heavy atom. The van der Waals surface area contributed by atoms with Crippen LogP contribution in [0.5, 0.6) is 5.75 Å². The molecule has 346 valence electrons. The number of aromatic nitrogens is 5. The van der Waals surface area contributed by atoms with Crippen LogP contribution in [-0.2, 0) is 34.8 Å². The molecular formula is C45H49Cl5N8O6S. The van der Waals surface area contributed by atoms with Gasteiger partial charge in [-0.3, -0.25) is 4.90 Å². The lowest BCUT2D eigenvalue weighted by atomic mass is 10.1. The number of nitrogens with zero attached hydrogens (tertiary/aromatic N) is 8. The van der Waals surface area contributed by atoms with E-state index in [4.69, 9.17) is 87.5 Å². The fraction of sp³-hybridized carbons (Fsp3) is 0.356. The highest BCUT2D eigenvalue weighted by atomic mass is 35.5. The molecule has 0 saturated carbocycles. The van der Waals surface area contributed by atoms with Crippen LogP contribution in [0.2, 0.25) is 25.1 Å². The van der Waals surface area contributed by atoms with Crippen LogP contribution >= 0.6 is 69.8 Å². The maximum Gasteiger partial charge on any atom is 0.291 e. The van der Waals surface area contributed by atoms with E-state index in [9.17, 15) is 0 Å². The van der Waals surface area contributed by atoms with E-state index < -0.39 is 10.9 Å². The molecule has 65 heavy (non-hydrogen) atoms. The van der Waals surface area contributed by atoms with Gasteiger partial charge in [0.25, 0.3) is 5.09 Å². The topological polar surface area (TPSA) is 146 Å². The standard InChI is InChI=1S/C26H31Cl2N5O3.C19H17Cl3N2S.HNO3/c1-19(2)31-9-11-32(12-10-31)21-4-6-22(7-5-21)34-14-23-15-35-26(36-23,16-33-18-29-17-30-33)24-8-3-20(27)13-25(24)28;20-15-7-4-14(5-8-15)6-9-16(12-24-11-10-23-13-24)25-19-17(21)2-1-3-18(19)22;2-1(3)4/h3-8,13,17-19,23H,9-12,14-16H2,1-2H3;1-5,7-8,10-11,13,16H,6,9,12H2;(H,2,3,4)/t23-,26-;;/m0../s1. The molecule has 6 aromatic rings. The first kappa shape index (κ1) is 50.1. The maximum absolute atomic E-state index is 8.36. The minimum atomic E-state index is -1.50. The summed E-state index contributed by atoms with van der Waals surface area (Å²) in [6.45, 7) is 10.6. The number of hydrogen-bond donors (Lipinski definition) is 1. The van der Waals surface area contributed by atoms with Crippen LogP contribution in [0.1, 0.15) is 31.4 Å². The van der Waals surface area contributed by atoms with E-state index in [2.05, 4.69) is 67.5 Å². The van der Waals surface area contributed by atoms with Gasteiger partial charge >= 0.3 is 0 Å². The van der Waals surface area contributed by atoms with Gasteiger partial charge in [-0.25, -0.2) is 14.6 Å². The number of aryl methyl sites for hydroxylation is 1. The number of halogens is 5. The molecule has 2 aliphatic rings. The third-order valence-corrected chi connectivity index (χ3v) is 13.6. The van der Waals surface area contributed by atoms with Gasteiger partial charge < -0.3 is 28.9 Å². The van der Waals surface area contributed by atoms with E-state index in [0.29, 0.717) is 56.7 Å². The minimum absolute atomic E-state index is 0.288. The van der Waals surface area contributed by atoms with Crippen LogP contribution in [0.3, 0.4) is 0 Å². The first-order chi connectivity index (χ1) is 31.3. The summed E-state index contributed by atoms with van der Waals surface area (Å²) >= 11 is 33.0. The summed E-state index contributed by atoms with van der Waals surface area (Å²) in [5.41, 5.74) is 3.18. The first-order valence-electron chi connectivity index (χ1n) is 20.7. The molecule has 0 aliphatic carbocycles. The normalized spacial score (nSPS) is 17.8. The number of rotatable bonds is 15. The summed E-state index contributed by atoms with van der Waals surface area (Å²) < 4.78 is 22.5. The number of thioether (sulfide) groups is 1. The van der Waals surface area contributed by atoms with Gasteiger partial charge in [-0.2, -0.15) is 5.10 Å². The van der Waals surface area contributed by atoms with Crippen molar-refractivity contribution in [2.24, 2.45) is 0 Å². The van der Waals surface area contributed by atoms with Crippen LogP contribution in [0.15, 0.2) is 121 Å². The Kier molecular flexibility index (Phi) is 18.9. The van der Waals surface area contributed by atoms with Crippen LogP contribution in [0.25, 0.3) is 0 Å². The van der Waals surface area contributed by atoms with E-state index in [1.54, 1.807) is 41.1 Å². The Labute approximate surface area is 407 Å². The number of hydrogen-bond acceptors (Lipinski definition) is 11. The fourth-order valence-corrected chi connectivity index (χ4v) is 9.80. The summed E-state index contributed by atoms with van der Waals surface area (Å²) in [5.74, 6) is -0.327. The molecule has 1 unspecified atom stereocenters. The summed E-state index contributed by atoms with van der Waals surface area (Å²) in [7, 11) is 0. The number of benzene rings is 4. The van der Waals surface area contributed by atoms with Crippen LogP contribution in [0.4, 0.5) is 5.69 Å². The largest absolute Gasteiger partial charge is 0.491 e. The molecule has 0 bridgehead atoms. The Balaban J connectivity index is 0.000000210. The molecule has 2 saturated heterocycles. The van der Waals surface area contributed by atoms with E-state index in [-0.39, 0.29) is 6.10 Å². The predicted octanol–water partition coefficient (Wildman–Crippen LogP) is 10.8. The van der Waals surface area contributed by atoms with Crippen molar-refractivity contribution in [3.63, 3.8) is 0 Å². The summed E-state index contributed by atoms with van der Waals surface area (Å²) in [6.07, 6.45) is 10.4. The Bertz CT molecular complexity index is 2350. The van der Waals surface area contributed by atoms with E-state index in [1.165, 1.54) is 17.6 Å². The predicted molar refractivity (Wildman–Crippen MR) is 257 cm³/mol. The molecule has 0 radical (unpaired) electrons. The van der Waals surface area contributed by atoms with E-state index >= 15 is 0 Å². The van der Waals surface area contributed by atoms with Crippen LogP contribution < -0.4 is 9.64 Å². The average molecular weight is 1010 g/mol. The molecule has 2 aromatic heterocycles. The molecule has 0 amide bonds. The van der Waals surface area contributed by atoms with Crippen LogP contribution in [0, 0.1) is 10.1 Å². The van der Waals surface area contributed by atoms with Crippen LogP contribution in [-0.4, -0.2) is 96.3 Å². The van der Waals surface area contributed by atoms with Crippen molar-refractivity contribution in [3.05, 3.63) is 163 Å². The highest BCUT2D eigenvalue weighted by molar-refractivity contribution is 8.00. The zero-order valence-corrected chi connectivity index (χ0v) is 40.2. The van der Waals surface area contributed by atoms with E-state index in [0.717, 1.165) is 61.2 Å². The molecule has 1 N–H and O–H groups in total. The first-order valence-corrected chi connectivity index (χ1v) is 23.5. The summed E-state index contributed by atoms with van der Waals surface area (Å²) in [6, 6.07) is 27.8. The van der Waals surface area contributed by atoms with Gasteiger partial charge in [0.15, 0.2) is 0 Å². The second-order valence-corrected chi connectivity index (χ2v) is 18.8. The number of ether oxygens (including phenoxy) is 3. The molecule has 2 fully saturated rings. The van der Waals surface area contributed by atoms with E-state index in [1.807, 2.05) is 61.1 Å². The zero-order chi connectivity index (χ0) is 46.3. The smallest absolute Gasteiger partial charge is 0.291 e. The quantitative estimate of drug-likeness (QED) is 0.0593. The molecule has 2 aliphatic heterocycles. The minimum Gasteiger partial charge on any atom is -0.491 e. The van der Waals surface area contributed by atoms with Crippen molar-refractivity contribution in [1.29, 1.82) is 0 Å². The van der Waals surface area contributed by atoms with Gasteiger partial charge in [0.05, 0.1) is 28.0 Å². The summed E-state index contributed by atoms with van der Waals surface area (Å²) in [5, 5.41) is 21.3. The molecule has 20 heteroatoms. The number of imidazole rings is 1. The third kappa shape index (κ3) is 15.1. The second-order valence-electron chi connectivity index (χ2n) is 15.4. The highest BCUT2D eigenvalue weighted by Crippen LogP contribution is 2.41. The van der Waals surface area contributed by atoms with Gasteiger partial charge in [-0.15, -0.1) is 21.9 Å². The van der Waals surface area contributed by atoms with Crippen molar-refractivity contribution in [2.45, 2.75) is 67.9 Å². The van der Waals surface area contributed by atoms with Gasteiger partial charge in [0.2, 0.25) is 5.79 Å². The van der Waals surface area contributed by atoms with Gasteiger partial charge in [-0.05, 0) is 92.9 Å². The maximum atomic E-state index is 8.36. The highest BCUT2D eigenvalue weighted by Gasteiger charge is 2.45.